The van der Waals surface area contributed by atoms with E-state index in [1.807, 2.05) is 12.3 Å². The number of benzene rings is 1. The van der Waals surface area contributed by atoms with Crippen LogP contribution in [0.3, 0.4) is 0 Å². The SMILES string of the molecule is CC(C)(C)c1cc[c-]c(-c2ccc(C(C)(C)C)/c(=N/c3nc(-c4cc(C(C)(C)C)ccn4)ccc3C(C)(C)C)[n-]2)c1.[Pt+2]. The molecule has 0 aliphatic heterocycles. The van der Waals surface area contributed by atoms with E-state index >= 15 is 0 Å². The van der Waals surface area contributed by atoms with Gasteiger partial charge in [-0.2, -0.15) is 0 Å². The summed E-state index contributed by atoms with van der Waals surface area (Å²) in [4.78, 5) is 20.2. The van der Waals surface area contributed by atoms with Gasteiger partial charge in [0.25, 0.3) is 0 Å². The Morgan fingerprint density at radius 3 is 1.83 bits per heavy atom. The van der Waals surface area contributed by atoms with Crippen molar-refractivity contribution in [1.29, 1.82) is 0 Å². The molecule has 0 bridgehead atoms. The molecule has 5 heteroatoms. The molecule has 3 aromatic heterocycles. The molecular formula is C37H46N4Pt. The van der Waals surface area contributed by atoms with Crippen molar-refractivity contribution in [2.24, 2.45) is 4.99 Å². The van der Waals surface area contributed by atoms with Crippen molar-refractivity contribution in [2.45, 2.75) is 105 Å². The van der Waals surface area contributed by atoms with Crippen LogP contribution >= 0.6 is 0 Å². The summed E-state index contributed by atoms with van der Waals surface area (Å²) < 4.78 is 0. The van der Waals surface area contributed by atoms with E-state index in [9.17, 15) is 0 Å². The van der Waals surface area contributed by atoms with Crippen LogP contribution < -0.4 is 10.5 Å². The summed E-state index contributed by atoms with van der Waals surface area (Å²) >= 11 is 0. The molecule has 0 saturated carbocycles. The van der Waals surface area contributed by atoms with Crippen molar-refractivity contribution in [1.82, 2.24) is 15.0 Å². The molecule has 4 rings (SSSR count). The van der Waals surface area contributed by atoms with Crippen LogP contribution in [0, 0.1) is 6.07 Å². The summed E-state index contributed by atoms with van der Waals surface area (Å²) in [6, 6.07) is 22.4. The van der Waals surface area contributed by atoms with Gasteiger partial charge in [0.1, 0.15) is 0 Å². The molecule has 0 aliphatic carbocycles. The van der Waals surface area contributed by atoms with Crippen LogP contribution in [0.25, 0.3) is 22.6 Å². The van der Waals surface area contributed by atoms with E-state index in [1.165, 1.54) is 11.1 Å². The van der Waals surface area contributed by atoms with Crippen LogP contribution in [0.2, 0.25) is 0 Å². The van der Waals surface area contributed by atoms with E-state index in [0.717, 1.165) is 33.8 Å². The van der Waals surface area contributed by atoms with Gasteiger partial charge in [-0.05, 0) is 56.5 Å². The van der Waals surface area contributed by atoms with Gasteiger partial charge >= 0.3 is 21.1 Å². The summed E-state index contributed by atoms with van der Waals surface area (Å²) in [6.45, 7) is 26.5. The fourth-order valence-electron chi connectivity index (χ4n) is 4.75. The third-order valence-electron chi connectivity index (χ3n) is 7.41. The molecule has 0 N–H and O–H groups in total. The van der Waals surface area contributed by atoms with Gasteiger partial charge in [0.15, 0.2) is 0 Å². The molecule has 0 amide bonds. The maximum Gasteiger partial charge on any atom is 2.00 e. The first-order valence-electron chi connectivity index (χ1n) is 14.6. The molecule has 0 atom stereocenters. The molecule has 0 fully saturated rings. The normalized spacial score (nSPS) is 13.2. The largest absolute Gasteiger partial charge is 2.00 e. The van der Waals surface area contributed by atoms with Crippen molar-refractivity contribution in [3.63, 3.8) is 0 Å². The average Bonchev–Trinajstić information content (AvgIpc) is 2.86. The van der Waals surface area contributed by atoms with Crippen molar-refractivity contribution in [3.05, 3.63) is 94.6 Å². The molecule has 3 heterocycles. The van der Waals surface area contributed by atoms with E-state index in [4.69, 9.17) is 15.0 Å². The van der Waals surface area contributed by atoms with Crippen molar-refractivity contribution >= 4 is 5.82 Å². The van der Waals surface area contributed by atoms with E-state index in [-0.39, 0.29) is 42.7 Å². The van der Waals surface area contributed by atoms with Crippen LogP contribution in [0.1, 0.15) is 105 Å². The second-order valence-corrected chi connectivity index (χ2v) is 15.2. The molecule has 0 unspecified atom stereocenters. The summed E-state index contributed by atoms with van der Waals surface area (Å²) in [5.41, 5.74) is 8.54. The summed E-state index contributed by atoms with van der Waals surface area (Å²) in [5, 5.41) is 0. The molecule has 0 spiro atoms. The number of hydrogen-bond donors (Lipinski definition) is 0. The van der Waals surface area contributed by atoms with Crippen molar-refractivity contribution < 1.29 is 21.1 Å². The molecule has 0 saturated heterocycles. The van der Waals surface area contributed by atoms with E-state index in [0.29, 0.717) is 11.3 Å². The molecule has 1 aromatic carbocycles. The second kappa shape index (κ2) is 12.0. The average molecular weight is 742 g/mol. The van der Waals surface area contributed by atoms with Gasteiger partial charge in [0.2, 0.25) is 0 Å². The minimum absolute atomic E-state index is 0. The fraction of sp³-hybridized carbons (Fsp3) is 0.432. The number of nitrogens with zero attached hydrogens (tertiary/aromatic N) is 4. The number of hydrogen-bond acceptors (Lipinski definition) is 3. The Kier molecular flexibility index (Phi) is 9.65. The summed E-state index contributed by atoms with van der Waals surface area (Å²) in [6.07, 6.45) is 1.87. The van der Waals surface area contributed by atoms with Crippen LogP contribution in [0.4, 0.5) is 5.82 Å². The molecule has 0 aliphatic rings. The van der Waals surface area contributed by atoms with E-state index in [1.54, 1.807) is 0 Å². The first-order chi connectivity index (χ1) is 18.8. The van der Waals surface area contributed by atoms with Crippen molar-refractivity contribution in [3.8, 4) is 22.6 Å². The minimum Gasteiger partial charge on any atom is -0.482 e. The zero-order valence-corrected chi connectivity index (χ0v) is 29.7. The first kappa shape index (κ1) is 33.7. The minimum atomic E-state index is -0.153. The number of pyridine rings is 3. The van der Waals surface area contributed by atoms with E-state index < -0.39 is 0 Å². The predicted molar refractivity (Wildman–Crippen MR) is 172 cm³/mol. The molecule has 224 valence electrons. The second-order valence-electron chi connectivity index (χ2n) is 15.2. The van der Waals surface area contributed by atoms with E-state index in [2.05, 4.69) is 143 Å². The van der Waals surface area contributed by atoms with Gasteiger partial charge in [-0.15, -0.1) is 47.2 Å². The first-order valence-corrected chi connectivity index (χ1v) is 14.6. The quantitative estimate of drug-likeness (QED) is 0.197. The van der Waals surface area contributed by atoms with Crippen LogP contribution in [0.5, 0.6) is 0 Å². The van der Waals surface area contributed by atoms with Gasteiger partial charge in [-0.3, -0.25) is 9.97 Å². The topological polar surface area (TPSA) is 52.2 Å². The Morgan fingerprint density at radius 2 is 1.24 bits per heavy atom. The van der Waals surface area contributed by atoms with Gasteiger partial charge in [0.05, 0.1) is 17.2 Å². The maximum atomic E-state index is 5.22. The van der Waals surface area contributed by atoms with Crippen LogP contribution in [-0.2, 0) is 42.7 Å². The Balaban J connectivity index is 0.00000484. The molecule has 4 aromatic rings. The predicted octanol–water partition coefficient (Wildman–Crippen LogP) is 8.99. The molecule has 0 radical (unpaired) electrons. The number of rotatable bonds is 3. The van der Waals surface area contributed by atoms with Crippen LogP contribution in [-0.4, -0.2) is 9.97 Å². The number of aromatic nitrogens is 3. The van der Waals surface area contributed by atoms with Gasteiger partial charge in [-0.25, -0.2) is 0 Å². The van der Waals surface area contributed by atoms with Gasteiger partial charge in [-0.1, -0.05) is 101 Å². The Labute approximate surface area is 267 Å². The third kappa shape index (κ3) is 7.75. The zero-order valence-electron chi connectivity index (χ0n) is 27.4. The summed E-state index contributed by atoms with van der Waals surface area (Å²) in [5.74, 6) is 0.681. The van der Waals surface area contributed by atoms with Crippen LogP contribution in [0.15, 0.2) is 65.8 Å². The Hall–Kier alpha value is -2.84. The monoisotopic (exact) mass is 741 g/mol. The molecule has 4 nitrogen and oxygen atoms in total. The smallest absolute Gasteiger partial charge is 0.482 e. The Morgan fingerprint density at radius 1 is 0.643 bits per heavy atom. The zero-order chi connectivity index (χ0) is 30.4. The molecule has 42 heavy (non-hydrogen) atoms. The van der Waals surface area contributed by atoms with Crippen molar-refractivity contribution in [2.75, 3.05) is 0 Å². The molecular weight excluding hydrogens is 696 g/mol. The third-order valence-corrected chi connectivity index (χ3v) is 7.41. The maximum absolute atomic E-state index is 5.22. The van der Waals surface area contributed by atoms with Gasteiger partial charge in [0, 0.05) is 6.20 Å². The standard InChI is InChI=1S/C37H46N4.Pt/c1-34(2,3)25-15-13-14-24(22-25)29-18-16-27(36(7,8)9)32(39-29)41-33-28(37(10,11)12)17-19-30(40-33)31-23-26(20-21-38-31)35(4,5)6;/h13,15-23H,1-12H3;/q-2;+2. The summed E-state index contributed by atoms with van der Waals surface area (Å²) in [7, 11) is 0. The Bertz CT molecular complexity index is 1620. The fourth-order valence-corrected chi connectivity index (χ4v) is 4.75. The van der Waals surface area contributed by atoms with Gasteiger partial charge < -0.3 is 9.98 Å².